The maximum Gasteiger partial charge on any atom is 0.338 e. The van der Waals surface area contributed by atoms with Gasteiger partial charge in [0.05, 0.1) is 42.7 Å². The van der Waals surface area contributed by atoms with Crippen molar-refractivity contribution in [2.24, 2.45) is 4.99 Å². The van der Waals surface area contributed by atoms with Crippen LogP contribution in [-0.4, -0.2) is 68.0 Å². The average molecular weight is 640 g/mol. The summed E-state index contributed by atoms with van der Waals surface area (Å²) in [6, 6.07) is 11.4. The van der Waals surface area contributed by atoms with Crippen molar-refractivity contribution in [3.63, 3.8) is 0 Å². The van der Waals surface area contributed by atoms with Gasteiger partial charge in [-0.15, -0.1) is 0 Å². The highest BCUT2D eigenvalue weighted by Crippen LogP contribution is 2.38. The summed E-state index contributed by atoms with van der Waals surface area (Å²) in [5.41, 5.74) is 1.87. The van der Waals surface area contributed by atoms with Crippen LogP contribution in [0.4, 0.5) is 0 Å². The highest BCUT2D eigenvalue weighted by molar-refractivity contribution is 7.07. The third-order valence-electron chi connectivity index (χ3n) is 7.28. The van der Waals surface area contributed by atoms with E-state index in [0.29, 0.717) is 75.4 Å². The van der Waals surface area contributed by atoms with E-state index in [1.54, 1.807) is 48.2 Å². The third-order valence-corrected chi connectivity index (χ3v) is 8.50. The molecule has 3 aromatic rings. The molecule has 1 aromatic heterocycles. The Morgan fingerprint density at radius 2 is 1.89 bits per heavy atom. The number of carbonyl (C=O) groups excluding carboxylic acids is 2. The number of rotatable bonds is 10. The van der Waals surface area contributed by atoms with Gasteiger partial charge in [-0.25, -0.2) is 9.79 Å². The number of halogens is 1. The van der Waals surface area contributed by atoms with Gasteiger partial charge >= 0.3 is 5.97 Å². The number of carbonyl (C=O) groups is 2. The molecule has 0 aliphatic carbocycles. The predicted octanol–water partition coefficient (Wildman–Crippen LogP) is 3.48. The molecule has 0 spiro atoms. The summed E-state index contributed by atoms with van der Waals surface area (Å²) in [4.78, 5) is 46.8. The van der Waals surface area contributed by atoms with Crippen molar-refractivity contribution in [2.75, 3.05) is 46.6 Å². The molecular weight excluding hydrogens is 606 g/mol. The number of thiazole rings is 1. The smallest absolute Gasteiger partial charge is 0.338 e. The van der Waals surface area contributed by atoms with E-state index in [9.17, 15) is 14.4 Å². The van der Waals surface area contributed by atoms with E-state index in [1.807, 2.05) is 19.1 Å². The van der Waals surface area contributed by atoms with Gasteiger partial charge in [-0.05, 0) is 55.3 Å². The Hall–Kier alpha value is -3.93. The van der Waals surface area contributed by atoms with Crippen LogP contribution in [0, 0.1) is 0 Å². The maximum absolute atomic E-state index is 14.0. The fourth-order valence-corrected chi connectivity index (χ4v) is 6.40. The first-order valence-corrected chi connectivity index (χ1v) is 15.7. The molecule has 0 radical (unpaired) electrons. The van der Waals surface area contributed by atoms with Crippen LogP contribution in [0.3, 0.4) is 0 Å². The highest BCUT2D eigenvalue weighted by atomic mass is 35.5. The molecule has 0 bridgehead atoms. The molecule has 2 aromatic carbocycles. The van der Waals surface area contributed by atoms with Gasteiger partial charge in [-0.3, -0.25) is 14.2 Å². The van der Waals surface area contributed by atoms with E-state index in [1.165, 1.54) is 23.0 Å². The largest absolute Gasteiger partial charge is 0.496 e. The Kier molecular flexibility index (Phi) is 10.2. The zero-order valence-electron chi connectivity index (χ0n) is 24.8. The summed E-state index contributed by atoms with van der Waals surface area (Å²) >= 11 is 7.65. The van der Waals surface area contributed by atoms with Crippen molar-refractivity contribution in [3.05, 3.63) is 89.6 Å². The highest BCUT2D eigenvalue weighted by Gasteiger charge is 2.36. The normalized spacial score (nSPS) is 16.8. The summed E-state index contributed by atoms with van der Waals surface area (Å²) < 4.78 is 24.1. The molecule has 1 amide bonds. The van der Waals surface area contributed by atoms with Gasteiger partial charge in [0.15, 0.2) is 11.4 Å². The Morgan fingerprint density at radius 3 is 2.57 bits per heavy atom. The second kappa shape index (κ2) is 14.2. The molecule has 0 saturated carbocycles. The van der Waals surface area contributed by atoms with E-state index in [0.717, 1.165) is 12.0 Å². The summed E-state index contributed by atoms with van der Waals surface area (Å²) in [6.45, 7) is 6.03. The Bertz CT molecular complexity index is 1740. The summed E-state index contributed by atoms with van der Waals surface area (Å²) in [5.74, 6) is 0.399. The number of ether oxygens (including phenoxy) is 4. The molecule has 2 aliphatic rings. The van der Waals surface area contributed by atoms with Gasteiger partial charge in [0.25, 0.3) is 11.5 Å². The number of amides is 1. The zero-order chi connectivity index (χ0) is 31.2. The molecule has 5 rings (SSSR count). The first-order chi connectivity index (χ1) is 21.3. The number of nitrogens with zero attached hydrogens (tertiary/aromatic N) is 3. The number of aromatic nitrogens is 1. The summed E-state index contributed by atoms with van der Waals surface area (Å²) in [6.07, 6.45) is 3.03. The minimum atomic E-state index is -0.845. The zero-order valence-corrected chi connectivity index (χ0v) is 26.4. The predicted molar refractivity (Wildman–Crippen MR) is 167 cm³/mol. The van der Waals surface area contributed by atoms with Gasteiger partial charge < -0.3 is 23.8 Å². The molecule has 2 aliphatic heterocycles. The molecule has 3 heterocycles. The van der Waals surface area contributed by atoms with Gasteiger partial charge in [0, 0.05) is 23.7 Å². The minimum absolute atomic E-state index is 0.0617. The standard InChI is InChI=1S/C32H34ClN3O7S/c1-4-6-24-28(31(39)42-5-2)29(23-18-21(33)9-12-25(23)40-3)36-30(38)26(44-32(36)34-24)17-20-7-10-22(11-8-20)43-19-27(37)35-13-15-41-16-14-35/h7-12,17-18,29H,4-6,13-16,19H2,1-3H3/b26-17-/t29-/m0/s1. The van der Waals surface area contributed by atoms with Crippen LogP contribution in [0.5, 0.6) is 11.5 Å². The van der Waals surface area contributed by atoms with E-state index >= 15 is 0 Å². The summed E-state index contributed by atoms with van der Waals surface area (Å²) in [7, 11) is 1.53. The number of morpholine rings is 1. The van der Waals surface area contributed by atoms with Crippen LogP contribution in [0.15, 0.2) is 63.5 Å². The van der Waals surface area contributed by atoms with E-state index < -0.39 is 12.0 Å². The lowest BCUT2D eigenvalue weighted by atomic mass is 9.93. The number of fused-ring (bicyclic) bond motifs is 1. The first kappa shape index (κ1) is 31.5. The maximum atomic E-state index is 14.0. The lowest BCUT2D eigenvalue weighted by Gasteiger charge is -2.27. The molecule has 0 N–H and O–H groups in total. The van der Waals surface area contributed by atoms with Crippen LogP contribution >= 0.6 is 22.9 Å². The number of methoxy groups -OCH3 is 1. The number of hydrogen-bond donors (Lipinski definition) is 0. The average Bonchev–Trinajstić information content (AvgIpc) is 3.34. The molecule has 0 unspecified atom stereocenters. The Morgan fingerprint density at radius 1 is 1.14 bits per heavy atom. The van der Waals surface area contributed by atoms with Crippen LogP contribution < -0.4 is 24.4 Å². The van der Waals surface area contributed by atoms with Gasteiger partial charge in [-0.2, -0.15) is 0 Å². The second-order valence-electron chi connectivity index (χ2n) is 10.2. The molecule has 44 heavy (non-hydrogen) atoms. The molecule has 1 atom stereocenters. The molecular formula is C32H34ClN3O7S. The summed E-state index contributed by atoms with van der Waals surface area (Å²) in [5, 5.41) is 0.439. The van der Waals surface area contributed by atoms with Crippen LogP contribution in [0.1, 0.15) is 43.9 Å². The van der Waals surface area contributed by atoms with Crippen LogP contribution in [0.2, 0.25) is 5.02 Å². The molecule has 1 fully saturated rings. The van der Waals surface area contributed by atoms with Gasteiger partial charge in [0.1, 0.15) is 17.5 Å². The minimum Gasteiger partial charge on any atom is -0.496 e. The molecule has 1 saturated heterocycles. The SMILES string of the molecule is CCCC1=C(C(=O)OCC)[C@H](c2cc(Cl)ccc2OC)n2c(s/c(=C\c3ccc(OCC(=O)N4CCOCC4)cc3)c2=O)=N1. The number of benzene rings is 2. The van der Waals surface area contributed by atoms with Crippen molar-refractivity contribution in [1.82, 2.24) is 9.47 Å². The Balaban J connectivity index is 1.52. The van der Waals surface area contributed by atoms with Crippen molar-refractivity contribution in [1.29, 1.82) is 0 Å². The Labute approximate surface area is 263 Å². The fraction of sp³-hybridized carbons (Fsp3) is 0.375. The van der Waals surface area contributed by atoms with Crippen molar-refractivity contribution in [2.45, 2.75) is 32.7 Å². The van der Waals surface area contributed by atoms with Crippen molar-refractivity contribution >= 4 is 40.9 Å². The number of hydrogen-bond acceptors (Lipinski definition) is 9. The van der Waals surface area contributed by atoms with Crippen LogP contribution in [-0.2, 0) is 19.1 Å². The quantitative estimate of drug-likeness (QED) is 0.313. The lowest BCUT2D eigenvalue weighted by Crippen LogP contribution is -2.42. The monoisotopic (exact) mass is 639 g/mol. The van der Waals surface area contributed by atoms with E-state index in [4.69, 9.17) is 35.5 Å². The lowest BCUT2D eigenvalue weighted by molar-refractivity contribution is -0.139. The van der Waals surface area contributed by atoms with E-state index in [2.05, 4.69) is 0 Å². The van der Waals surface area contributed by atoms with Gasteiger partial charge in [0.2, 0.25) is 0 Å². The van der Waals surface area contributed by atoms with E-state index in [-0.39, 0.29) is 24.7 Å². The number of allylic oxidation sites excluding steroid dienone is 1. The molecule has 12 heteroatoms. The fourth-order valence-electron chi connectivity index (χ4n) is 5.19. The second-order valence-corrected chi connectivity index (χ2v) is 11.6. The first-order valence-electron chi connectivity index (χ1n) is 14.5. The van der Waals surface area contributed by atoms with Crippen molar-refractivity contribution in [3.8, 4) is 11.5 Å². The third kappa shape index (κ3) is 6.74. The van der Waals surface area contributed by atoms with Crippen LogP contribution in [0.25, 0.3) is 6.08 Å². The van der Waals surface area contributed by atoms with Crippen molar-refractivity contribution < 1.29 is 28.5 Å². The topological polar surface area (TPSA) is 109 Å². The molecule has 232 valence electrons. The molecule has 10 nitrogen and oxygen atoms in total. The van der Waals surface area contributed by atoms with Gasteiger partial charge in [-0.1, -0.05) is 48.4 Å². The number of esters is 1.